The van der Waals surface area contributed by atoms with Crippen LogP contribution in [0.15, 0.2) is 33.9 Å². The van der Waals surface area contributed by atoms with Crippen molar-refractivity contribution >= 4 is 17.6 Å². The van der Waals surface area contributed by atoms with Crippen molar-refractivity contribution in [3.8, 4) is 0 Å². The summed E-state index contributed by atoms with van der Waals surface area (Å²) in [5.74, 6) is -0.976. The van der Waals surface area contributed by atoms with Gasteiger partial charge in [0, 0.05) is 23.7 Å². The van der Waals surface area contributed by atoms with E-state index in [4.69, 9.17) is 9.52 Å². The van der Waals surface area contributed by atoms with Crippen LogP contribution in [0, 0.1) is 6.92 Å². The molecule has 2 aromatic heterocycles. The number of aryl methyl sites for hydroxylation is 1. The first-order valence-corrected chi connectivity index (χ1v) is 7.21. The van der Waals surface area contributed by atoms with Gasteiger partial charge in [-0.15, -0.1) is 0 Å². The summed E-state index contributed by atoms with van der Waals surface area (Å²) in [6, 6.07) is 5.03. The fraction of sp³-hybridized carbons (Fsp3) is 0.250. The van der Waals surface area contributed by atoms with Crippen LogP contribution >= 0.6 is 0 Å². The maximum atomic E-state index is 12.0. The number of carbonyl (C=O) groups excluding carboxylic acids is 1. The Morgan fingerprint density at radius 3 is 2.87 bits per heavy atom. The molecule has 0 aromatic carbocycles. The van der Waals surface area contributed by atoms with Gasteiger partial charge in [0.15, 0.2) is 0 Å². The van der Waals surface area contributed by atoms with Gasteiger partial charge in [0.2, 0.25) is 5.76 Å². The number of carbonyl (C=O) groups is 2. The molecule has 0 unspecified atom stereocenters. The topological polar surface area (TPSA) is 105 Å². The van der Waals surface area contributed by atoms with Gasteiger partial charge >= 0.3 is 5.97 Å². The number of hydrazone groups is 1. The molecule has 0 aliphatic heterocycles. The van der Waals surface area contributed by atoms with E-state index in [0.29, 0.717) is 35.4 Å². The first-order chi connectivity index (χ1) is 11.1. The monoisotopic (exact) mass is 313 g/mol. The molecule has 1 aliphatic rings. The van der Waals surface area contributed by atoms with Crippen molar-refractivity contribution in [1.29, 1.82) is 0 Å². The largest absolute Gasteiger partial charge is 0.475 e. The summed E-state index contributed by atoms with van der Waals surface area (Å²) in [6.07, 6.45) is 3.63. The van der Waals surface area contributed by atoms with Gasteiger partial charge in [-0.25, -0.2) is 10.2 Å². The van der Waals surface area contributed by atoms with Crippen LogP contribution in [-0.2, 0) is 6.42 Å². The minimum atomic E-state index is -1.10. The fourth-order valence-electron chi connectivity index (χ4n) is 2.66. The number of furan rings is 1. The summed E-state index contributed by atoms with van der Waals surface area (Å²) in [5.41, 5.74) is 4.60. The highest BCUT2D eigenvalue weighted by Gasteiger charge is 2.27. The second kappa shape index (κ2) is 6.04. The molecule has 2 aromatic rings. The van der Waals surface area contributed by atoms with Gasteiger partial charge in [0.1, 0.15) is 11.5 Å². The lowest BCUT2D eigenvalue weighted by Crippen LogP contribution is -2.22. The molecular weight excluding hydrogens is 298 g/mol. The number of carboxylic acids is 1. The molecule has 7 heteroatoms. The lowest BCUT2D eigenvalue weighted by molar-refractivity contribution is 0.0659. The molecule has 118 valence electrons. The Hall–Kier alpha value is -2.96. The summed E-state index contributed by atoms with van der Waals surface area (Å²) in [4.78, 5) is 27.1. The van der Waals surface area contributed by atoms with Gasteiger partial charge in [-0.05, 0) is 31.9 Å². The predicted octanol–water partition coefficient (Wildman–Crippen LogP) is 2.15. The lowest BCUT2D eigenvalue weighted by Gasteiger charge is -2.13. The van der Waals surface area contributed by atoms with Crippen LogP contribution in [-0.4, -0.2) is 27.7 Å². The number of aromatic carboxylic acids is 1. The van der Waals surface area contributed by atoms with E-state index >= 15 is 0 Å². The number of fused-ring (bicyclic) bond motifs is 1. The van der Waals surface area contributed by atoms with E-state index in [1.165, 1.54) is 6.20 Å². The summed E-state index contributed by atoms with van der Waals surface area (Å²) in [6.45, 7) is 1.69. The third-order valence-corrected chi connectivity index (χ3v) is 3.71. The maximum absolute atomic E-state index is 12.0. The Morgan fingerprint density at radius 2 is 2.17 bits per heavy atom. The number of hydrogen-bond acceptors (Lipinski definition) is 5. The molecule has 3 rings (SSSR count). The zero-order chi connectivity index (χ0) is 16.4. The predicted molar refractivity (Wildman–Crippen MR) is 81.6 cm³/mol. The molecule has 2 N–H and O–H groups in total. The molecule has 1 aliphatic carbocycles. The molecule has 2 heterocycles. The molecule has 0 saturated heterocycles. The standard InChI is InChI=1S/C16H15N3O4/c1-9-13-10(6-4-7-12(13)23-14(9)16(21)22)18-19-15(20)11-5-2-3-8-17-11/h2-3,5,8H,4,6-7H2,1H3,(H,19,20)(H,21,22)/b18-10+. The smallest absolute Gasteiger partial charge is 0.372 e. The fourth-order valence-corrected chi connectivity index (χ4v) is 2.66. The number of aromatic nitrogens is 1. The number of pyridine rings is 1. The van der Waals surface area contributed by atoms with E-state index in [0.717, 1.165) is 6.42 Å². The zero-order valence-corrected chi connectivity index (χ0v) is 12.5. The van der Waals surface area contributed by atoms with E-state index in [1.807, 2.05) is 0 Å². The van der Waals surface area contributed by atoms with Crippen molar-refractivity contribution in [1.82, 2.24) is 10.4 Å². The molecule has 0 saturated carbocycles. The number of rotatable bonds is 3. The van der Waals surface area contributed by atoms with E-state index < -0.39 is 11.9 Å². The second-order valence-electron chi connectivity index (χ2n) is 5.23. The van der Waals surface area contributed by atoms with Crippen LogP contribution in [0.1, 0.15) is 50.8 Å². The Kier molecular flexibility index (Phi) is 3.92. The van der Waals surface area contributed by atoms with Crippen LogP contribution in [0.3, 0.4) is 0 Å². The van der Waals surface area contributed by atoms with Crippen LogP contribution in [0.25, 0.3) is 0 Å². The number of amides is 1. The maximum Gasteiger partial charge on any atom is 0.372 e. The van der Waals surface area contributed by atoms with Crippen molar-refractivity contribution in [2.75, 3.05) is 0 Å². The second-order valence-corrected chi connectivity index (χ2v) is 5.23. The Balaban J connectivity index is 1.88. The summed E-state index contributed by atoms with van der Waals surface area (Å²) >= 11 is 0. The number of nitrogens with zero attached hydrogens (tertiary/aromatic N) is 2. The quantitative estimate of drug-likeness (QED) is 0.845. The van der Waals surface area contributed by atoms with Gasteiger partial charge < -0.3 is 9.52 Å². The van der Waals surface area contributed by atoms with Crippen LogP contribution < -0.4 is 5.43 Å². The number of carboxylic acid groups (broad SMARTS) is 1. The molecule has 0 fully saturated rings. The first kappa shape index (κ1) is 15.0. The van der Waals surface area contributed by atoms with E-state index in [-0.39, 0.29) is 11.5 Å². The highest BCUT2D eigenvalue weighted by molar-refractivity contribution is 6.06. The Morgan fingerprint density at radius 1 is 1.35 bits per heavy atom. The SMILES string of the molecule is Cc1c(C(=O)O)oc2c1/C(=N/NC(=O)c1ccccn1)CCC2. The van der Waals surface area contributed by atoms with Crippen LogP contribution in [0.5, 0.6) is 0 Å². The van der Waals surface area contributed by atoms with Crippen LogP contribution in [0.4, 0.5) is 0 Å². The van der Waals surface area contributed by atoms with Gasteiger partial charge in [0.25, 0.3) is 5.91 Å². The Labute approximate surface area is 132 Å². The van der Waals surface area contributed by atoms with Crippen molar-refractivity contribution in [3.05, 3.63) is 52.7 Å². The molecular formula is C16H15N3O4. The molecule has 0 radical (unpaired) electrons. The highest BCUT2D eigenvalue weighted by Crippen LogP contribution is 2.29. The molecule has 0 spiro atoms. The molecule has 0 atom stereocenters. The van der Waals surface area contributed by atoms with Gasteiger partial charge in [0.05, 0.1) is 5.71 Å². The summed E-state index contributed by atoms with van der Waals surface area (Å²) in [5, 5.41) is 13.3. The minimum absolute atomic E-state index is 0.0688. The average Bonchev–Trinajstić information content (AvgIpc) is 2.91. The minimum Gasteiger partial charge on any atom is -0.475 e. The molecule has 7 nitrogen and oxygen atoms in total. The number of hydrogen-bond donors (Lipinski definition) is 2. The van der Waals surface area contributed by atoms with Crippen molar-refractivity contribution in [2.45, 2.75) is 26.2 Å². The van der Waals surface area contributed by atoms with E-state index in [9.17, 15) is 9.59 Å². The normalized spacial score (nSPS) is 15.3. The van der Waals surface area contributed by atoms with Crippen molar-refractivity contribution in [2.24, 2.45) is 5.10 Å². The van der Waals surface area contributed by atoms with Gasteiger partial charge in [-0.1, -0.05) is 6.07 Å². The third-order valence-electron chi connectivity index (χ3n) is 3.71. The van der Waals surface area contributed by atoms with Gasteiger partial charge in [-0.2, -0.15) is 5.10 Å². The lowest BCUT2D eigenvalue weighted by atomic mass is 9.93. The summed E-state index contributed by atoms with van der Waals surface area (Å²) < 4.78 is 5.41. The van der Waals surface area contributed by atoms with Crippen molar-refractivity contribution in [3.63, 3.8) is 0 Å². The van der Waals surface area contributed by atoms with E-state index in [2.05, 4.69) is 15.5 Å². The molecule has 0 bridgehead atoms. The first-order valence-electron chi connectivity index (χ1n) is 7.21. The molecule has 23 heavy (non-hydrogen) atoms. The van der Waals surface area contributed by atoms with Crippen molar-refractivity contribution < 1.29 is 19.1 Å². The zero-order valence-electron chi connectivity index (χ0n) is 12.5. The van der Waals surface area contributed by atoms with Crippen LogP contribution in [0.2, 0.25) is 0 Å². The van der Waals surface area contributed by atoms with Gasteiger partial charge in [-0.3, -0.25) is 9.78 Å². The molecule has 1 amide bonds. The summed E-state index contributed by atoms with van der Waals surface area (Å²) in [7, 11) is 0. The van der Waals surface area contributed by atoms with E-state index in [1.54, 1.807) is 25.1 Å². The highest BCUT2D eigenvalue weighted by atomic mass is 16.4. The Bertz CT molecular complexity index is 793. The third kappa shape index (κ3) is 2.85. The average molecular weight is 313 g/mol. The number of nitrogens with one attached hydrogen (secondary N) is 1.